The van der Waals surface area contributed by atoms with Gasteiger partial charge >= 0.3 is 5.69 Å². The number of aromatic nitrogens is 1. The molecular formula is C17H15N3O5S. The molecular weight excluding hydrogens is 358 g/mol. The van der Waals surface area contributed by atoms with Crippen molar-refractivity contribution >= 4 is 28.1 Å². The molecule has 0 spiro atoms. The fourth-order valence-corrected chi connectivity index (χ4v) is 2.85. The molecule has 8 nitrogen and oxygen atoms in total. The largest absolute Gasteiger partial charge is 0.479 e. The minimum atomic E-state index is -0.501. The van der Waals surface area contributed by atoms with Crippen LogP contribution in [0.15, 0.2) is 40.9 Å². The molecule has 0 saturated heterocycles. The van der Waals surface area contributed by atoms with Crippen LogP contribution in [0.2, 0.25) is 0 Å². The molecule has 0 bridgehead atoms. The van der Waals surface area contributed by atoms with Gasteiger partial charge in [-0.25, -0.2) is 4.98 Å². The van der Waals surface area contributed by atoms with Crippen molar-refractivity contribution in [1.82, 2.24) is 4.98 Å². The Kier molecular flexibility index (Phi) is 4.99. The van der Waals surface area contributed by atoms with Crippen LogP contribution in [-0.2, 0) is 6.61 Å². The molecule has 2 heterocycles. The number of hydrogen-bond acceptors (Lipinski definition) is 7. The van der Waals surface area contributed by atoms with Crippen molar-refractivity contribution in [3.05, 3.63) is 68.6 Å². The summed E-state index contributed by atoms with van der Waals surface area (Å²) in [5.41, 5.74) is 0.645. The Balaban J connectivity index is 1.66. The highest BCUT2D eigenvalue weighted by molar-refractivity contribution is 7.15. The number of thiazole rings is 1. The average molecular weight is 373 g/mol. The lowest BCUT2D eigenvalue weighted by molar-refractivity contribution is -0.386. The quantitative estimate of drug-likeness (QED) is 0.515. The summed E-state index contributed by atoms with van der Waals surface area (Å²) in [6.45, 7) is 3.62. The van der Waals surface area contributed by atoms with E-state index in [1.807, 2.05) is 6.92 Å². The Hall–Kier alpha value is -3.20. The number of nitro groups is 1. The molecule has 0 radical (unpaired) electrons. The summed E-state index contributed by atoms with van der Waals surface area (Å²) >= 11 is 1.36. The average Bonchev–Trinajstić information content (AvgIpc) is 3.22. The Labute approximate surface area is 152 Å². The van der Waals surface area contributed by atoms with Crippen LogP contribution in [0.1, 0.15) is 26.8 Å². The second-order valence-electron chi connectivity index (χ2n) is 5.51. The van der Waals surface area contributed by atoms with E-state index in [4.69, 9.17) is 9.15 Å². The summed E-state index contributed by atoms with van der Waals surface area (Å²) in [4.78, 5) is 27.8. The van der Waals surface area contributed by atoms with Gasteiger partial charge in [-0.3, -0.25) is 20.2 Å². The number of nitrogens with one attached hydrogen (secondary N) is 1. The second-order valence-corrected chi connectivity index (χ2v) is 6.75. The van der Waals surface area contributed by atoms with Gasteiger partial charge in [0.1, 0.15) is 12.4 Å². The van der Waals surface area contributed by atoms with E-state index in [2.05, 4.69) is 10.3 Å². The molecule has 3 aromatic rings. The summed E-state index contributed by atoms with van der Waals surface area (Å²) in [6, 6.07) is 7.79. The van der Waals surface area contributed by atoms with Crippen molar-refractivity contribution in [3.8, 4) is 5.75 Å². The summed E-state index contributed by atoms with van der Waals surface area (Å²) < 4.78 is 10.9. The molecule has 1 aromatic carbocycles. The van der Waals surface area contributed by atoms with Gasteiger partial charge in [-0.1, -0.05) is 6.07 Å². The molecule has 0 aliphatic carbocycles. The van der Waals surface area contributed by atoms with Crippen LogP contribution in [0.3, 0.4) is 0 Å². The molecule has 26 heavy (non-hydrogen) atoms. The zero-order valence-corrected chi connectivity index (χ0v) is 14.8. The number of carbonyl (C=O) groups excluding carboxylic acids is 1. The number of amides is 1. The van der Waals surface area contributed by atoms with Crippen LogP contribution in [0, 0.1) is 24.0 Å². The minimum absolute atomic E-state index is 0.0342. The fraction of sp³-hybridized carbons (Fsp3) is 0.176. The first-order chi connectivity index (χ1) is 12.4. The fourth-order valence-electron chi connectivity index (χ4n) is 2.19. The Bertz CT molecular complexity index is 963. The number of furan rings is 1. The maximum absolute atomic E-state index is 12.1. The second kappa shape index (κ2) is 7.36. The lowest BCUT2D eigenvalue weighted by atomic mass is 10.2. The first-order valence-corrected chi connectivity index (χ1v) is 8.44. The first kappa shape index (κ1) is 17.6. The van der Waals surface area contributed by atoms with Crippen molar-refractivity contribution in [2.24, 2.45) is 0 Å². The molecule has 1 amide bonds. The first-order valence-electron chi connectivity index (χ1n) is 7.62. The number of nitrogens with zero attached hydrogens (tertiary/aromatic N) is 2. The Morgan fingerprint density at radius 3 is 2.85 bits per heavy atom. The predicted octanol–water partition coefficient (Wildman–Crippen LogP) is 4.09. The summed E-state index contributed by atoms with van der Waals surface area (Å²) in [7, 11) is 0. The molecule has 0 aliphatic rings. The lowest BCUT2D eigenvalue weighted by Gasteiger charge is -2.05. The summed E-state index contributed by atoms with van der Waals surface area (Å²) in [5.74, 6) is 0.198. The monoisotopic (exact) mass is 373 g/mol. The van der Waals surface area contributed by atoms with E-state index in [1.54, 1.807) is 25.3 Å². The van der Waals surface area contributed by atoms with Gasteiger partial charge < -0.3 is 9.15 Å². The van der Waals surface area contributed by atoms with E-state index in [-0.39, 0.29) is 23.8 Å². The van der Waals surface area contributed by atoms with Gasteiger partial charge in [-0.05, 0) is 37.6 Å². The van der Waals surface area contributed by atoms with Gasteiger partial charge in [0.15, 0.2) is 16.6 Å². The third-order valence-electron chi connectivity index (χ3n) is 3.41. The third-order valence-corrected chi connectivity index (χ3v) is 4.24. The van der Waals surface area contributed by atoms with E-state index in [9.17, 15) is 14.9 Å². The van der Waals surface area contributed by atoms with Gasteiger partial charge in [0.05, 0.1) is 4.92 Å². The van der Waals surface area contributed by atoms with Crippen molar-refractivity contribution in [2.45, 2.75) is 20.5 Å². The number of carbonyl (C=O) groups is 1. The number of ether oxygens (including phenoxy) is 1. The van der Waals surface area contributed by atoms with E-state index < -0.39 is 10.8 Å². The Morgan fingerprint density at radius 2 is 2.15 bits per heavy atom. The van der Waals surface area contributed by atoms with Crippen LogP contribution < -0.4 is 10.1 Å². The Morgan fingerprint density at radius 1 is 1.35 bits per heavy atom. The minimum Gasteiger partial charge on any atom is -0.479 e. The van der Waals surface area contributed by atoms with E-state index in [0.717, 1.165) is 10.4 Å². The number of rotatable bonds is 6. The molecule has 134 valence electrons. The molecule has 1 N–H and O–H groups in total. The van der Waals surface area contributed by atoms with Gasteiger partial charge in [-0.2, -0.15) is 0 Å². The van der Waals surface area contributed by atoms with Gasteiger partial charge in [0.2, 0.25) is 0 Å². The third kappa shape index (κ3) is 4.06. The highest BCUT2D eigenvalue weighted by atomic mass is 32.1. The molecule has 0 saturated carbocycles. The predicted molar refractivity (Wildman–Crippen MR) is 95.7 cm³/mol. The number of aryl methyl sites for hydroxylation is 2. The number of hydrogen-bond donors (Lipinski definition) is 1. The van der Waals surface area contributed by atoms with E-state index in [0.29, 0.717) is 10.9 Å². The highest BCUT2D eigenvalue weighted by Crippen LogP contribution is 2.28. The maximum Gasteiger partial charge on any atom is 0.311 e. The van der Waals surface area contributed by atoms with Crippen LogP contribution in [0.25, 0.3) is 0 Å². The van der Waals surface area contributed by atoms with E-state index >= 15 is 0 Å². The molecule has 9 heteroatoms. The van der Waals surface area contributed by atoms with Gasteiger partial charge in [0, 0.05) is 17.1 Å². The van der Waals surface area contributed by atoms with Crippen LogP contribution in [0.4, 0.5) is 10.8 Å². The molecule has 0 atom stereocenters. The topological polar surface area (TPSA) is 108 Å². The molecule has 3 rings (SSSR count). The van der Waals surface area contributed by atoms with Gasteiger partial charge in [0.25, 0.3) is 5.91 Å². The number of nitro benzene ring substituents is 1. The zero-order chi connectivity index (χ0) is 18.7. The number of anilines is 1. The molecule has 0 fully saturated rings. The van der Waals surface area contributed by atoms with Crippen molar-refractivity contribution in [2.75, 3.05) is 5.32 Å². The van der Waals surface area contributed by atoms with Crippen molar-refractivity contribution in [1.29, 1.82) is 0 Å². The SMILES string of the molecule is Cc1ccc(OCc2ccc(C(=O)Nc3ncc(C)s3)o2)c([N+](=O)[O-])c1. The smallest absolute Gasteiger partial charge is 0.311 e. The van der Waals surface area contributed by atoms with Crippen molar-refractivity contribution < 1.29 is 18.9 Å². The molecule has 2 aromatic heterocycles. The zero-order valence-electron chi connectivity index (χ0n) is 14.0. The van der Waals surface area contributed by atoms with Crippen LogP contribution >= 0.6 is 11.3 Å². The molecule has 0 aliphatic heterocycles. The van der Waals surface area contributed by atoms with Gasteiger partial charge in [-0.15, -0.1) is 11.3 Å². The standard InChI is InChI=1S/C17H15N3O5S/c1-10-3-5-14(13(7-10)20(22)23)24-9-12-4-6-15(25-12)16(21)19-17-18-8-11(2)26-17/h3-8H,9H2,1-2H3,(H,18,19,21). The maximum atomic E-state index is 12.1. The summed E-state index contributed by atoms with van der Waals surface area (Å²) in [5, 5.41) is 14.2. The highest BCUT2D eigenvalue weighted by Gasteiger charge is 2.17. The van der Waals surface area contributed by atoms with Crippen molar-refractivity contribution in [3.63, 3.8) is 0 Å². The molecule has 0 unspecified atom stereocenters. The lowest BCUT2D eigenvalue weighted by Crippen LogP contribution is -2.10. The number of benzene rings is 1. The normalized spacial score (nSPS) is 10.5. The summed E-state index contributed by atoms with van der Waals surface area (Å²) in [6.07, 6.45) is 1.66. The van der Waals surface area contributed by atoms with Crippen LogP contribution in [0.5, 0.6) is 5.75 Å². The van der Waals surface area contributed by atoms with Crippen LogP contribution in [-0.4, -0.2) is 15.8 Å². The van der Waals surface area contributed by atoms with E-state index in [1.165, 1.54) is 29.5 Å².